The number of aliphatic hydroxyl groups excluding tert-OH is 1. The van der Waals surface area contributed by atoms with E-state index in [0.717, 1.165) is 5.56 Å². The maximum Gasteiger partial charge on any atom is 0.244 e. The van der Waals surface area contributed by atoms with E-state index >= 15 is 0 Å². The number of carbonyl (C=O) groups excluding carboxylic acids is 1. The van der Waals surface area contributed by atoms with Gasteiger partial charge in [-0.3, -0.25) is 4.79 Å². The van der Waals surface area contributed by atoms with E-state index in [9.17, 15) is 14.3 Å². The van der Waals surface area contributed by atoms with E-state index < -0.39 is 0 Å². The van der Waals surface area contributed by atoms with Gasteiger partial charge in [0.25, 0.3) is 0 Å². The Bertz CT molecular complexity index is 655. The highest BCUT2D eigenvalue weighted by Crippen LogP contribution is 2.18. The fraction of sp³-hybridized carbons (Fsp3) is 0.211. The average Bonchev–Trinajstić information content (AvgIpc) is 2.57. The average molecular weight is 313 g/mol. The highest BCUT2D eigenvalue weighted by atomic mass is 19.1. The number of halogens is 1. The summed E-state index contributed by atoms with van der Waals surface area (Å²) in [5.41, 5.74) is 1.71. The Hall–Kier alpha value is -2.46. The SMILES string of the molecule is O=C(/C=C/c1cccc(F)c1)NCC(CCO)c1ccccc1. The molecule has 2 aromatic carbocycles. The quantitative estimate of drug-likeness (QED) is 0.772. The molecular weight excluding hydrogens is 293 g/mol. The molecule has 23 heavy (non-hydrogen) atoms. The Kier molecular flexibility index (Phi) is 6.51. The Morgan fingerprint density at radius 1 is 1.17 bits per heavy atom. The van der Waals surface area contributed by atoms with Crippen LogP contribution in [0.4, 0.5) is 4.39 Å². The molecule has 0 bridgehead atoms. The predicted molar refractivity (Wildman–Crippen MR) is 89.3 cm³/mol. The molecule has 0 fully saturated rings. The lowest BCUT2D eigenvalue weighted by atomic mass is 9.96. The third-order valence-electron chi connectivity index (χ3n) is 3.55. The van der Waals surface area contributed by atoms with E-state index in [0.29, 0.717) is 18.5 Å². The van der Waals surface area contributed by atoms with Crippen LogP contribution in [-0.2, 0) is 4.79 Å². The summed E-state index contributed by atoms with van der Waals surface area (Å²) < 4.78 is 13.1. The first-order valence-corrected chi connectivity index (χ1v) is 7.56. The van der Waals surface area contributed by atoms with Crippen molar-refractivity contribution in [1.29, 1.82) is 0 Å². The van der Waals surface area contributed by atoms with Crippen LogP contribution in [0.25, 0.3) is 6.08 Å². The smallest absolute Gasteiger partial charge is 0.244 e. The maximum atomic E-state index is 13.1. The number of amides is 1. The van der Waals surface area contributed by atoms with Gasteiger partial charge in [0.2, 0.25) is 5.91 Å². The van der Waals surface area contributed by atoms with Crippen LogP contribution in [0.3, 0.4) is 0 Å². The summed E-state index contributed by atoms with van der Waals surface area (Å²) in [6.45, 7) is 0.505. The van der Waals surface area contributed by atoms with E-state index in [4.69, 9.17) is 0 Å². The minimum absolute atomic E-state index is 0.0627. The second kappa shape index (κ2) is 8.86. The molecule has 2 aromatic rings. The second-order valence-corrected chi connectivity index (χ2v) is 5.25. The van der Waals surface area contributed by atoms with Gasteiger partial charge >= 0.3 is 0 Å². The van der Waals surface area contributed by atoms with E-state index in [1.54, 1.807) is 18.2 Å². The van der Waals surface area contributed by atoms with Gasteiger partial charge < -0.3 is 10.4 Å². The zero-order chi connectivity index (χ0) is 16.5. The molecule has 1 atom stereocenters. The summed E-state index contributed by atoms with van der Waals surface area (Å²) in [4.78, 5) is 11.9. The van der Waals surface area contributed by atoms with Crippen LogP contribution in [0, 0.1) is 5.82 Å². The molecule has 2 rings (SSSR count). The van der Waals surface area contributed by atoms with Crippen LogP contribution in [0.1, 0.15) is 23.5 Å². The first kappa shape index (κ1) is 16.9. The lowest BCUT2D eigenvalue weighted by molar-refractivity contribution is -0.116. The van der Waals surface area contributed by atoms with Gasteiger partial charge in [-0.05, 0) is 35.8 Å². The van der Waals surface area contributed by atoms with Gasteiger partial charge in [0.15, 0.2) is 0 Å². The molecule has 4 heteroatoms. The zero-order valence-electron chi connectivity index (χ0n) is 12.8. The van der Waals surface area contributed by atoms with Crippen molar-refractivity contribution >= 4 is 12.0 Å². The summed E-state index contributed by atoms with van der Waals surface area (Å²) in [5, 5.41) is 12.0. The molecule has 0 heterocycles. The van der Waals surface area contributed by atoms with E-state index in [2.05, 4.69) is 5.32 Å². The summed E-state index contributed by atoms with van der Waals surface area (Å²) >= 11 is 0. The number of benzene rings is 2. The zero-order valence-corrected chi connectivity index (χ0v) is 12.8. The van der Waals surface area contributed by atoms with E-state index in [-0.39, 0.29) is 24.2 Å². The highest BCUT2D eigenvalue weighted by molar-refractivity contribution is 5.91. The minimum atomic E-state index is -0.334. The predicted octanol–water partition coefficient (Wildman–Crippen LogP) is 3.12. The van der Waals surface area contributed by atoms with Crippen molar-refractivity contribution in [2.75, 3.05) is 13.2 Å². The van der Waals surface area contributed by atoms with E-state index in [1.807, 2.05) is 30.3 Å². The van der Waals surface area contributed by atoms with Crippen molar-refractivity contribution in [3.8, 4) is 0 Å². The molecule has 0 aliphatic rings. The lowest BCUT2D eigenvalue weighted by Gasteiger charge is -2.16. The van der Waals surface area contributed by atoms with Gasteiger partial charge in [-0.1, -0.05) is 42.5 Å². The van der Waals surface area contributed by atoms with Crippen LogP contribution in [0.15, 0.2) is 60.7 Å². The molecule has 0 aromatic heterocycles. The Balaban J connectivity index is 1.91. The summed E-state index contributed by atoms with van der Waals surface area (Å²) in [6, 6.07) is 15.8. The van der Waals surface area contributed by atoms with Crippen molar-refractivity contribution in [3.63, 3.8) is 0 Å². The van der Waals surface area contributed by atoms with E-state index in [1.165, 1.54) is 18.2 Å². The van der Waals surface area contributed by atoms with Gasteiger partial charge in [0.05, 0.1) is 0 Å². The van der Waals surface area contributed by atoms with Gasteiger partial charge in [-0.25, -0.2) is 4.39 Å². The molecule has 0 saturated carbocycles. The van der Waals surface area contributed by atoms with Crippen LogP contribution in [-0.4, -0.2) is 24.2 Å². The summed E-state index contributed by atoms with van der Waals surface area (Å²) in [5.74, 6) is -0.513. The highest BCUT2D eigenvalue weighted by Gasteiger charge is 2.11. The molecule has 0 aliphatic carbocycles. The molecule has 0 spiro atoms. The lowest BCUT2D eigenvalue weighted by Crippen LogP contribution is -2.27. The molecule has 0 radical (unpaired) electrons. The minimum Gasteiger partial charge on any atom is -0.396 e. The number of aliphatic hydroxyl groups is 1. The van der Waals surface area contributed by atoms with Crippen LogP contribution in [0.5, 0.6) is 0 Å². The molecule has 3 nitrogen and oxygen atoms in total. The molecular formula is C19H20FNO2. The molecule has 2 N–H and O–H groups in total. The first-order chi connectivity index (χ1) is 11.2. The van der Waals surface area contributed by atoms with Gasteiger partial charge in [0, 0.05) is 25.1 Å². The number of hydrogen-bond acceptors (Lipinski definition) is 2. The fourth-order valence-corrected chi connectivity index (χ4v) is 2.33. The number of carbonyl (C=O) groups is 1. The monoisotopic (exact) mass is 313 g/mol. The van der Waals surface area contributed by atoms with Crippen molar-refractivity contribution in [2.24, 2.45) is 0 Å². The molecule has 1 unspecified atom stereocenters. The molecule has 0 saturated heterocycles. The Labute approximate surface area is 135 Å². The summed E-state index contributed by atoms with van der Waals surface area (Å²) in [7, 11) is 0. The third kappa shape index (κ3) is 5.68. The normalized spacial score (nSPS) is 12.3. The van der Waals surface area contributed by atoms with Crippen LogP contribution in [0.2, 0.25) is 0 Å². The fourth-order valence-electron chi connectivity index (χ4n) is 2.33. The second-order valence-electron chi connectivity index (χ2n) is 5.25. The van der Waals surface area contributed by atoms with Crippen LogP contribution < -0.4 is 5.32 Å². The molecule has 0 aliphatic heterocycles. The van der Waals surface area contributed by atoms with Crippen molar-refractivity contribution < 1.29 is 14.3 Å². The number of rotatable bonds is 7. The summed E-state index contributed by atoms with van der Waals surface area (Å²) in [6.07, 6.45) is 3.54. The Morgan fingerprint density at radius 2 is 1.96 bits per heavy atom. The van der Waals surface area contributed by atoms with Crippen molar-refractivity contribution in [3.05, 3.63) is 77.6 Å². The number of nitrogens with one attached hydrogen (secondary N) is 1. The van der Waals surface area contributed by atoms with Gasteiger partial charge in [0.1, 0.15) is 5.82 Å². The number of hydrogen-bond donors (Lipinski definition) is 2. The topological polar surface area (TPSA) is 49.3 Å². The largest absolute Gasteiger partial charge is 0.396 e. The molecule has 1 amide bonds. The maximum absolute atomic E-state index is 13.1. The Morgan fingerprint density at radius 3 is 2.65 bits per heavy atom. The third-order valence-corrected chi connectivity index (χ3v) is 3.55. The molecule has 120 valence electrons. The first-order valence-electron chi connectivity index (χ1n) is 7.56. The standard InChI is InChI=1S/C19H20FNO2/c20-18-8-4-5-15(13-18)9-10-19(23)21-14-17(11-12-22)16-6-2-1-3-7-16/h1-10,13,17,22H,11-12,14H2,(H,21,23)/b10-9+. The van der Waals surface area contributed by atoms with Gasteiger partial charge in [-0.15, -0.1) is 0 Å². The van der Waals surface area contributed by atoms with Crippen LogP contribution >= 0.6 is 0 Å². The van der Waals surface area contributed by atoms with Crippen molar-refractivity contribution in [1.82, 2.24) is 5.32 Å². The van der Waals surface area contributed by atoms with Crippen molar-refractivity contribution in [2.45, 2.75) is 12.3 Å². The van der Waals surface area contributed by atoms with Gasteiger partial charge in [-0.2, -0.15) is 0 Å².